The Labute approximate surface area is 128 Å². The standard InChI is InChI=1S/C18H17F2NO/c1-12(2)13-3-5-14(6-4-13)18(22)9-10-21-15-7-8-16(19)17(20)11-15/h3-12,21H,1-2H3/b10-9+. The van der Waals surface area contributed by atoms with Crippen LogP contribution in [0.1, 0.15) is 35.7 Å². The topological polar surface area (TPSA) is 29.1 Å². The monoisotopic (exact) mass is 301 g/mol. The smallest absolute Gasteiger partial charge is 0.187 e. The molecule has 2 aromatic rings. The molecule has 0 aromatic heterocycles. The highest BCUT2D eigenvalue weighted by Crippen LogP contribution is 2.15. The molecule has 0 bridgehead atoms. The predicted molar refractivity (Wildman–Crippen MR) is 84.0 cm³/mol. The SMILES string of the molecule is CC(C)c1ccc(C(=O)/C=C/Nc2ccc(F)c(F)c2)cc1. The van der Waals surface area contributed by atoms with Gasteiger partial charge < -0.3 is 5.32 Å². The van der Waals surface area contributed by atoms with E-state index in [0.717, 1.165) is 12.1 Å². The van der Waals surface area contributed by atoms with Gasteiger partial charge >= 0.3 is 0 Å². The Kier molecular flexibility index (Phi) is 5.04. The molecule has 4 heteroatoms. The molecule has 1 N–H and O–H groups in total. The highest BCUT2D eigenvalue weighted by atomic mass is 19.2. The summed E-state index contributed by atoms with van der Waals surface area (Å²) >= 11 is 0. The van der Waals surface area contributed by atoms with Gasteiger partial charge in [0.25, 0.3) is 0 Å². The van der Waals surface area contributed by atoms with Crippen LogP contribution in [0.25, 0.3) is 0 Å². The maximum atomic E-state index is 13.0. The van der Waals surface area contributed by atoms with E-state index in [1.807, 2.05) is 12.1 Å². The van der Waals surface area contributed by atoms with Gasteiger partial charge in [-0.05, 0) is 23.6 Å². The lowest BCUT2D eigenvalue weighted by Crippen LogP contribution is -1.97. The van der Waals surface area contributed by atoms with Gasteiger partial charge in [-0.3, -0.25) is 4.79 Å². The van der Waals surface area contributed by atoms with E-state index >= 15 is 0 Å². The molecule has 114 valence electrons. The second kappa shape index (κ2) is 6.98. The summed E-state index contributed by atoms with van der Waals surface area (Å²) in [6.45, 7) is 4.17. The number of hydrogen-bond donors (Lipinski definition) is 1. The molecular weight excluding hydrogens is 284 g/mol. The zero-order valence-corrected chi connectivity index (χ0v) is 12.4. The number of hydrogen-bond acceptors (Lipinski definition) is 2. The van der Waals surface area contributed by atoms with Crippen LogP contribution in [0.2, 0.25) is 0 Å². The molecule has 0 heterocycles. The molecule has 0 radical (unpaired) electrons. The lowest BCUT2D eigenvalue weighted by Gasteiger charge is -2.05. The molecule has 0 atom stereocenters. The minimum absolute atomic E-state index is 0.162. The van der Waals surface area contributed by atoms with Crippen LogP contribution in [0, 0.1) is 11.6 Å². The summed E-state index contributed by atoms with van der Waals surface area (Å²) < 4.78 is 25.8. The summed E-state index contributed by atoms with van der Waals surface area (Å²) in [5.41, 5.74) is 2.12. The molecule has 0 aliphatic heterocycles. The van der Waals surface area contributed by atoms with Crippen molar-refractivity contribution in [1.82, 2.24) is 0 Å². The number of rotatable bonds is 5. The van der Waals surface area contributed by atoms with Crippen molar-refractivity contribution >= 4 is 11.5 Å². The fraction of sp³-hybridized carbons (Fsp3) is 0.167. The Morgan fingerprint density at radius 1 is 1.05 bits per heavy atom. The van der Waals surface area contributed by atoms with E-state index in [2.05, 4.69) is 19.2 Å². The Balaban J connectivity index is 2.00. The van der Waals surface area contributed by atoms with Crippen LogP contribution in [0.15, 0.2) is 54.7 Å². The molecule has 22 heavy (non-hydrogen) atoms. The molecule has 2 nitrogen and oxygen atoms in total. The first-order valence-corrected chi connectivity index (χ1v) is 7.00. The molecule has 2 rings (SSSR count). The van der Waals surface area contributed by atoms with Crippen molar-refractivity contribution in [3.05, 3.63) is 77.5 Å². The number of carbonyl (C=O) groups is 1. The fourth-order valence-corrected chi connectivity index (χ4v) is 1.93. The molecule has 0 amide bonds. The third-order valence-electron chi connectivity index (χ3n) is 3.27. The second-order valence-corrected chi connectivity index (χ2v) is 5.25. The number of halogens is 2. The summed E-state index contributed by atoms with van der Waals surface area (Å²) in [5.74, 6) is -1.59. The molecule has 0 unspecified atom stereocenters. The summed E-state index contributed by atoms with van der Waals surface area (Å²) in [5, 5.41) is 2.73. The summed E-state index contributed by atoms with van der Waals surface area (Å²) in [7, 11) is 0. The van der Waals surface area contributed by atoms with Gasteiger partial charge in [0, 0.05) is 29.6 Å². The lowest BCUT2D eigenvalue weighted by atomic mass is 10.0. The molecule has 0 saturated carbocycles. The molecule has 0 fully saturated rings. The van der Waals surface area contributed by atoms with Crippen LogP contribution >= 0.6 is 0 Å². The minimum atomic E-state index is -0.936. The van der Waals surface area contributed by atoms with Gasteiger partial charge in [0.15, 0.2) is 17.4 Å². The number of ketones is 1. The first-order valence-electron chi connectivity index (χ1n) is 7.00. The van der Waals surface area contributed by atoms with Crippen LogP contribution in [-0.2, 0) is 0 Å². The third kappa shape index (κ3) is 4.01. The van der Waals surface area contributed by atoms with E-state index in [-0.39, 0.29) is 5.78 Å². The largest absolute Gasteiger partial charge is 0.361 e. The summed E-state index contributed by atoms with van der Waals surface area (Å²) in [6.07, 6.45) is 2.76. The number of carbonyl (C=O) groups excluding carboxylic acids is 1. The van der Waals surface area contributed by atoms with E-state index < -0.39 is 11.6 Å². The van der Waals surface area contributed by atoms with Crippen molar-refractivity contribution < 1.29 is 13.6 Å². The highest BCUT2D eigenvalue weighted by molar-refractivity contribution is 6.04. The highest BCUT2D eigenvalue weighted by Gasteiger charge is 2.04. The number of benzene rings is 2. The average Bonchev–Trinajstić information content (AvgIpc) is 2.51. The minimum Gasteiger partial charge on any atom is -0.361 e. The fourth-order valence-electron chi connectivity index (χ4n) is 1.93. The van der Waals surface area contributed by atoms with Crippen molar-refractivity contribution in [2.75, 3.05) is 5.32 Å². The Hall–Kier alpha value is -2.49. The van der Waals surface area contributed by atoms with Gasteiger partial charge in [0.05, 0.1) is 0 Å². The first-order chi connectivity index (χ1) is 10.5. The number of nitrogens with one attached hydrogen (secondary N) is 1. The van der Waals surface area contributed by atoms with Gasteiger partial charge in [-0.25, -0.2) is 8.78 Å². The summed E-state index contributed by atoms with van der Waals surface area (Å²) in [6, 6.07) is 10.9. The zero-order valence-electron chi connectivity index (χ0n) is 12.4. The van der Waals surface area contributed by atoms with E-state index in [4.69, 9.17) is 0 Å². The summed E-state index contributed by atoms with van der Waals surface area (Å²) in [4.78, 5) is 12.0. The predicted octanol–water partition coefficient (Wildman–Crippen LogP) is 4.90. The van der Waals surface area contributed by atoms with Crippen molar-refractivity contribution in [2.45, 2.75) is 19.8 Å². The molecule has 2 aromatic carbocycles. The molecule has 0 aliphatic carbocycles. The molecule has 0 spiro atoms. The van der Waals surface area contributed by atoms with Gasteiger partial charge in [-0.2, -0.15) is 0 Å². The van der Waals surface area contributed by atoms with Gasteiger partial charge in [0.2, 0.25) is 0 Å². The van der Waals surface area contributed by atoms with Crippen molar-refractivity contribution in [3.63, 3.8) is 0 Å². The quantitative estimate of drug-likeness (QED) is 0.629. The third-order valence-corrected chi connectivity index (χ3v) is 3.27. The number of allylic oxidation sites excluding steroid dienone is 1. The lowest BCUT2D eigenvalue weighted by molar-refractivity contribution is 0.104. The van der Waals surface area contributed by atoms with E-state index in [9.17, 15) is 13.6 Å². The zero-order chi connectivity index (χ0) is 16.1. The van der Waals surface area contributed by atoms with Gasteiger partial charge in [0.1, 0.15) is 0 Å². The van der Waals surface area contributed by atoms with E-state index in [1.54, 1.807) is 12.1 Å². The Morgan fingerprint density at radius 3 is 2.32 bits per heavy atom. The van der Waals surface area contributed by atoms with Crippen molar-refractivity contribution in [3.8, 4) is 0 Å². The van der Waals surface area contributed by atoms with Crippen molar-refractivity contribution in [2.24, 2.45) is 0 Å². The van der Waals surface area contributed by atoms with Crippen LogP contribution in [-0.4, -0.2) is 5.78 Å². The maximum absolute atomic E-state index is 13.0. The van der Waals surface area contributed by atoms with Crippen molar-refractivity contribution in [1.29, 1.82) is 0 Å². The van der Waals surface area contributed by atoms with Gasteiger partial charge in [-0.1, -0.05) is 38.1 Å². The van der Waals surface area contributed by atoms with E-state index in [0.29, 0.717) is 17.2 Å². The normalized spacial score (nSPS) is 11.1. The van der Waals surface area contributed by atoms with Crippen LogP contribution in [0.4, 0.5) is 14.5 Å². The average molecular weight is 301 g/mol. The molecule has 0 aliphatic rings. The van der Waals surface area contributed by atoms with E-state index in [1.165, 1.54) is 23.9 Å². The first kappa shape index (κ1) is 15.9. The van der Waals surface area contributed by atoms with Crippen LogP contribution in [0.3, 0.4) is 0 Å². The number of anilines is 1. The Bertz CT molecular complexity index is 691. The molecular formula is C18H17F2NO. The second-order valence-electron chi connectivity index (χ2n) is 5.25. The maximum Gasteiger partial charge on any atom is 0.187 e. The van der Waals surface area contributed by atoms with Crippen LogP contribution in [0.5, 0.6) is 0 Å². The molecule has 0 saturated heterocycles. The Morgan fingerprint density at radius 2 is 1.73 bits per heavy atom. The van der Waals surface area contributed by atoms with Gasteiger partial charge in [-0.15, -0.1) is 0 Å². The van der Waals surface area contributed by atoms with Crippen LogP contribution < -0.4 is 5.32 Å².